The van der Waals surface area contributed by atoms with Crippen molar-refractivity contribution in [3.63, 3.8) is 0 Å². The number of nitrogens with one attached hydrogen (secondary N) is 1. The van der Waals surface area contributed by atoms with E-state index < -0.39 is 28.1 Å². The Labute approximate surface area is 169 Å². The molecule has 3 rings (SSSR count). The minimum Gasteiger partial charge on any atom is -0.495 e. The number of halogens is 1. The zero-order valence-electron chi connectivity index (χ0n) is 17.2. The summed E-state index contributed by atoms with van der Waals surface area (Å²) >= 11 is 3.56. The summed E-state index contributed by atoms with van der Waals surface area (Å²) in [6.45, 7) is 11.6. The van der Waals surface area contributed by atoms with Crippen molar-refractivity contribution in [1.82, 2.24) is 0 Å². The number of esters is 1. The van der Waals surface area contributed by atoms with Crippen molar-refractivity contribution in [2.75, 3.05) is 12.4 Å². The first-order valence-corrected chi connectivity index (χ1v) is 10.2. The lowest BCUT2D eigenvalue weighted by molar-refractivity contribution is -0.165. The quantitative estimate of drug-likeness (QED) is 0.668. The summed E-state index contributed by atoms with van der Waals surface area (Å²) in [5, 5.41) is 15.3. The van der Waals surface area contributed by atoms with E-state index in [-0.39, 0.29) is 5.97 Å². The lowest BCUT2D eigenvalue weighted by Gasteiger charge is -2.56. The Balaban J connectivity index is 2.20. The molecule has 0 spiro atoms. The van der Waals surface area contributed by atoms with E-state index in [1.165, 1.54) is 0 Å². The number of carbonyl (C=O) groups is 1. The van der Waals surface area contributed by atoms with Gasteiger partial charge in [-0.2, -0.15) is 0 Å². The fourth-order valence-electron chi connectivity index (χ4n) is 4.97. The Kier molecular flexibility index (Phi) is 4.63. The number of anilines is 1. The molecule has 2 N–H and O–H groups in total. The van der Waals surface area contributed by atoms with E-state index in [0.717, 1.165) is 15.7 Å². The van der Waals surface area contributed by atoms with Crippen molar-refractivity contribution in [3.8, 4) is 5.75 Å². The van der Waals surface area contributed by atoms with Crippen molar-refractivity contribution < 1.29 is 19.4 Å². The Morgan fingerprint density at radius 1 is 1.30 bits per heavy atom. The van der Waals surface area contributed by atoms with Crippen LogP contribution in [0, 0.1) is 5.92 Å². The SMILES string of the molecule is COc1cc2c(cc1Br)C1(C)C(C(=O)OC(C)(C)C)CCC1(O)C(C)(C)N2. The number of rotatable bonds is 2. The third kappa shape index (κ3) is 2.87. The summed E-state index contributed by atoms with van der Waals surface area (Å²) in [4.78, 5) is 13.1. The van der Waals surface area contributed by atoms with Crippen molar-refractivity contribution in [2.24, 2.45) is 5.92 Å². The van der Waals surface area contributed by atoms with Crippen molar-refractivity contribution in [2.45, 2.75) is 76.5 Å². The van der Waals surface area contributed by atoms with Crippen molar-refractivity contribution in [3.05, 3.63) is 22.2 Å². The van der Waals surface area contributed by atoms with Crippen molar-refractivity contribution in [1.29, 1.82) is 0 Å². The number of methoxy groups -OCH3 is 1. The maximum atomic E-state index is 13.1. The van der Waals surface area contributed by atoms with E-state index in [4.69, 9.17) is 9.47 Å². The van der Waals surface area contributed by atoms with Gasteiger partial charge in [-0.25, -0.2) is 0 Å². The first-order chi connectivity index (χ1) is 12.3. The van der Waals surface area contributed by atoms with E-state index in [1.807, 2.05) is 53.7 Å². The summed E-state index contributed by atoms with van der Waals surface area (Å²) in [5.74, 6) is 0.0246. The largest absolute Gasteiger partial charge is 0.495 e. The molecular formula is C21H30BrNO4. The van der Waals surface area contributed by atoms with E-state index >= 15 is 0 Å². The predicted molar refractivity (Wildman–Crippen MR) is 109 cm³/mol. The Morgan fingerprint density at radius 2 is 1.93 bits per heavy atom. The molecular weight excluding hydrogens is 410 g/mol. The van der Waals surface area contributed by atoms with Crippen molar-refractivity contribution >= 4 is 27.6 Å². The minimum atomic E-state index is -1.09. The number of hydrogen-bond donors (Lipinski definition) is 2. The molecule has 0 saturated heterocycles. The summed E-state index contributed by atoms with van der Waals surface area (Å²) in [5.41, 5.74) is -1.28. The fraction of sp³-hybridized carbons (Fsp3) is 0.667. The Hall–Kier alpha value is -1.27. The second kappa shape index (κ2) is 6.11. The van der Waals surface area contributed by atoms with Gasteiger partial charge in [0.15, 0.2) is 0 Å². The molecule has 1 aromatic rings. The highest BCUT2D eigenvalue weighted by Crippen LogP contribution is 2.62. The van der Waals surface area contributed by atoms with E-state index in [1.54, 1.807) is 7.11 Å². The molecule has 2 aliphatic rings. The van der Waals surface area contributed by atoms with Gasteiger partial charge in [-0.15, -0.1) is 0 Å². The van der Waals surface area contributed by atoms with Crippen LogP contribution in [-0.4, -0.2) is 34.9 Å². The molecule has 0 bridgehead atoms. The number of benzene rings is 1. The summed E-state index contributed by atoms with van der Waals surface area (Å²) < 4.78 is 12.0. The summed E-state index contributed by atoms with van der Waals surface area (Å²) in [6.07, 6.45) is 1.10. The molecule has 27 heavy (non-hydrogen) atoms. The average molecular weight is 440 g/mol. The molecule has 1 aliphatic carbocycles. The summed E-state index contributed by atoms with van der Waals surface area (Å²) in [6, 6.07) is 3.89. The predicted octanol–water partition coefficient (Wildman–Crippen LogP) is 4.40. The number of ether oxygens (including phenoxy) is 2. The first-order valence-electron chi connectivity index (χ1n) is 9.38. The average Bonchev–Trinajstić information content (AvgIpc) is 2.81. The Bertz CT molecular complexity index is 785. The molecule has 1 aromatic carbocycles. The lowest BCUT2D eigenvalue weighted by Crippen LogP contribution is -2.67. The maximum absolute atomic E-state index is 13.1. The van der Waals surface area contributed by atoms with Crippen LogP contribution in [0.25, 0.3) is 0 Å². The molecule has 1 aliphatic heterocycles. The first kappa shape index (κ1) is 20.5. The highest BCUT2D eigenvalue weighted by Gasteiger charge is 2.68. The monoisotopic (exact) mass is 439 g/mol. The minimum absolute atomic E-state index is 0.253. The van der Waals surface area contributed by atoms with Crippen LogP contribution in [0.15, 0.2) is 16.6 Å². The standard InChI is InChI=1S/C21H30BrNO4/c1-18(2,3)27-17(24)12-8-9-21(25)19(4,5)23-15-11-16(26-7)14(22)10-13(15)20(12,21)6/h10-12,23,25H,8-9H2,1-7H3. The van der Waals surface area contributed by atoms with Gasteiger partial charge in [0.1, 0.15) is 11.4 Å². The van der Waals surface area contributed by atoms with Crippen LogP contribution < -0.4 is 10.1 Å². The topological polar surface area (TPSA) is 67.8 Å². The molecule has 1 heterocycles. The molecule has 6 heteroatoms. The molecule has 3 atom stereocenters. The number of carbonyl (C=O) groups excluding carboxylic acids is 1. The number of fused-ring (bicyclic) bond motifs is 3. The maximum Gasteiger partial charge on any atom is 0.310 e. The molecule has 5 nitrogen and oxygen atoms in total. The normalized spacial score (nSPS) is 31.5. The van der Waals surface area contributed by atoms with Crippen LogP contribution >= 0.6 is 15.9 Å². The van der Waals surface area contributed by atoms with Gasteiger partial charge in [-0.05, 0) is 75.0 Å². The molecule has 1 fully saturated rings. The van der Waals surface area contributed by atoms with Gasteiger partial charge < -0.3 is 19.9 Å². The molecule has 0 radical (unpaired) electrons. The number of aliphatic hydroxyl groups is 1. The molecule has 1 saturated carbocycles. The highest BCUT2D eigenvalue weighted by atomic mass is 79.9. The molecule has 0 aromatic heterocycles. The second-order valence-corrected chi connectivity index (χ2v) is 10.3. The van der Waals surface area contributed by atoms with Crippen LogP contribution in [-0.2, 0) is 14.9 Å². The van der Waals surface area contributed by atoms with E-state index in [0.29, 0.717) is 18.6 Å². The van der Waals surface area contributed by atoms with Gasteiger partial charge >= 0.3 is 5.97 Å². The van der Waals surface area contributed by atoms with Crippen LogP contribution in [0.5, 0.6) is 5.75 Å². The van der Waals surface area contributed by atoms with E-state index in [9.17, 15) is 9.90 Å². The van der Waals surface area contributed by atoms with Crippen LogP contribution in [0.3, 0.4) is 0 Å². The van der Waals surface area contributed by atoms with Gasteiger partial charge in [0, 0.05) is 17.2 Å². The van der Waals surface area contributed by atoms with Gasteiger partial charge in [-0.3, -0.25) is 4.79 Å². The van der Waals surface area contributed by atoms with Crippen LogP contribution in [0.1, 0.15) is 59.9 Å². The van der Waals surface area contributed by atoms with Crippen LogP contribution in [0.4, 0.5) is 5.69 Å². The number of hydrogen-bond acceptors (Lipinski definition) is 5. The van der Waals surface area contributed by atoms with Gasteiger partial charge in [0.25, 0.3) is 0 Å². The zero-order valence-corrected chi connectivity index (χ0v) is 18.8. The third-order valence-corrected chi connectivity index (χ3v) is 6.99. The van der Waals surface area contributed by atoms with Gasteiger partial charge in [-0.1, -0.05) is 6.92 Å². The smallest absolute Gasteiger partial charge is 0.310 e. The Morgan fingerprint density at radius 3 is 2.48 bits per heavy atom. The lowest BCUT2D eigenvalue weighted by atomic mass is 9.57. The zero-order chi connectivity index (χ0) is 20.4. The highest BCUT2D eigenvalue weighted by molar-refractivity contribution is 9.10. The van der Waals surface area contributed by atoms with Gasteiger partial charge in [0.05, 0.1) is 28.6 Å². The second-order valence-electron chi connectivity index (χ2n) is 9.47. The third-order valence-electron chi connectivity index (χ3n) is 6.37. The molecule has 150 valence electrons. The van der Waals surface area contributed by atoms with Gasteiger partial charge in [0.2, 0.25) is 0 Å². The van der Waals surface area contributed by atoms with Crippen LogP contribution in [0.2, 0.25) is 0 Å². The molecule has 3 unspecified atom stereocenters. The summed E-state index contributed by atoms with van der Waals surface area (Å²) in [7, 11) is 1.62. The van der Waals surface area contributed by atoms with E-state index in [2.05, 4.69) is 21.2 Å². The molecule has 0 amide bonds. The fourth-order valence-corrected chi connectivity index (χ4v) is 5.48.